The Kier molecular flexibility index (Phi) is 4.51. The summed E-state index contributed by atoms with van der Waals surface area (Å²) in [6.45, 7) is 5.19. The molecule has 0 radical (unpaired) electrons. The van der Waals surface area contributed by atoms with Crippen LogP contribution >= 0.6 is 0 Å². The summed E-state index contributed by atoms with van der Waals surface area (Å²) >= 11 is 0. The molecule has 136 valence electrons. The van der Waals surface area contributed by atoms with Crippen molar-refractivity contribution in [3.05, 3.63) is 41.5 Å². The maximum atomic E-state index is 12.4. The van der Waals surface area contributed by atoms with Crippen molar-refractivity contribution in [2.75, 3.05) is 0 Å². The minimum absolute atomic E-state index is 0.0371. The van der Waals surface area contributed by atoms with Crippen LogP contribution in [-0.2, 0) is 16.4 Å². The van der Waals surface area contributed by atoms with E-state index < -0.39 is 21.5 Å². The highest BCUT2D eigenvalue weighted by molar-refractivity contribution is 7.89. The predicted octanol–water partition coefficient (Wildman–Crippen LogP) is 2.76. The van der Waals surface area contributed by atoms with Crippen molar-refractivity contribution < 1.29 is 22.0 Å². The molecule has 1 amide bonds. The lowest BCUT2D eigenvalue weighted by molar-refractivity contribution is 0.0898. The molecule has 0 fully saturated rings. The average molecular weight is 366 g/mol. The highest BCUT2D eigenvalue weighted by Gasteiger charge is 2.28. The van der Waals surface area contributed by atoms with Crippen LogP contribution in [0.2, 0.25) is 0 Å². The van der Waals surface area contributed by atoms with Crippen molar-refractivity contribution in [2.45, 2.75) is 56.7 Å². The quantitative estimate of drug-likeness (QED) is 0.866. The lowest BCUT2D eigenvalue weighted by Gasteiger charge is -2.22. The number of nitrogens with one attached hydrogen (secondary N) is 2. The molecule has 0 aromatic carbocycles. The lowest BCUT2D eigenvalue weighted by Crippen LogP contribution is -2.40. The van der Waals surface area contributed by atoms with E-state index in [4.69, 9.17) is 8.83 Å². The highest BCUT2D eigenvalue weighted by Crippen LogP contribution is 2.30. The van der Waals surface area contributed by atoms with Crippen molar-refractivity contribution in [3.8, 4) is 0 Å². The largest absolute Gasteiger partial charge is 0.469 e. The number of hydrogen-bond donors (Lipinski definition) is 2. The zero-order valence-electron chi connectivity index (χ0n) is 14.5. The van der Waals surface area contributed by atoms with E-state index in [1.54, 1.807) is 27.0 Å². The first kappa shape index (κ1) is 17.8. The van der Waals surface area contributed by atoms with E-state index in [0.29, 0.717) is 0 Å². The van der Waals surface area contributed by atoms with E-state index in [-0.39, 0.29) is 16.9 Å². The van der Waals surface area contributed by atoms with E-state index in [2.05, 4.69) is 10.0 Å². The SMILES string of the molecule is CC(C)(C)NS(=O)(=O)c1ccc(C(=O)NC2CCCc3occc32)o1. The Morgan fingerprint density at radius 3 is 2.72 bits per heavy atom. The van der Waals surface area contributed by atoms with Crippen LogP contribution in [0.1, 0.15) is 61.5 Å². The van der Waals surface area contributed by atoms with Gasteiger partial charge in [0, 0.05) is 17.5 Å². The topological polar surface area (TPSA) is 102 Å². The van der Waals surface area contributed by atoms with Gasteiger partial charge in [-0.3, -0.25) is 4.79 Å². The maximum absolute atomic E-state index is 12.4. The summed E-state index contributed by atoms with van der Waals surface area (Å²) in [5, 5.41) is 2.60. The van der Waals surface area contributed by atoms with E-state index in [1.807, 2.05) is 6.07 Å². The Hall–Kier alpha value is -2.06. The molecule has 0 saturated carbocycles. The van der Waals surface area contributed by atoms with Gasteiger partial charge in [0.05, 0.1) is 12.3 Å². The first-order valence-corrected chi connectivity index (χ1v) is 9.65. The van der Waals surface area contributed by atoms with Gasteiger partial charge in [-0.25, -0.2) is 13.1 Å². The van der Waals surface area contributed by atoms with E-state index in [9.17, 15) is 13.2 Å². The number of carbonyl (C=O) groups is 1. The number of rotatable bonds is 4. The third kappa shape index (κ3) is 3.96. The van der Waals surface area contributed by atoms with Crippen molar-refractivity contribution in [1.82, 2.24) is 10.0 Å². The Bertz CT molecular complexity index is 873. The predicted molar refractivity (Wildman–Crippen MR) is 90.6 cm³/mol. The monoisotopic (exact) mass is 366 g/mol. The number of fused-ring (bicyclic) bond motifs is 1. The second kappa shape index (κ2) is 6.34. The van der Waals surface area contributed by atoms with Gasteiger partial charge in [0.1, 0.15) is 5.76 Å². The van der Waals surface area contributed by atoms with Crippen LogP contribution in [0, 0.1) is 0 Å². The fourth-order valence-electron chi connectivity index (χ4n) is 2.91. The second-order valence-electron chi connectivity index (χ2n) is 7.19. The zero-order chi connectivity index (χ0) is 18.2. The lowest BCUT2D eigenvalue weighted by atomic mass is 9.93. The van der Waals surface area contributed by atoms with Crippen molar-refractivity contribution in [3.63, 3.8) is 0 Å². The minimum Gasteiger partial charge on any atom is -0.469 e. The second-order valence-corrected chi connectivity index (χ2v) is 8.80. The first-order chi connectivity index (χ1) is 11.7. The fraction of sp³-hybridized carbons (Fsp3) is 0.471. The Labute approximate surface area is 146 Å². The van der Waals surface area contributed by atoms with Gasteiger partial charge in [-0.05, 0) is 51.8 Å². The minimum atomic E-state index is -3.82. The molecule has 2 heterocycles. The molecular formula is C17H22N2O5S. The average Bonchev–Trinajstić information content (AvgIpc) is 3.15. The van der Waals surface area contributed by atoms with E-state index >= 15 is 0 Å². The summed E-state index contributed by atoms with van der Waals surface area (Å²) < 4.78 is 37.7. The summed E-state index contributed by atoms with van der Waals surface area (Å²) in [7, 11) is -3.82. The van der Waals surface area contributed by atoms with Crippen LogP contribution in [0.4, 0.5) is 0 Å². The standard InChI is InChI=1S/C17H22N2O5S/c1-17(2,3)19-25(21,22)15-8-7-14(24-15)16(20)18-12-5-4-6-13-11(12)9-10-23-13/h7-10,12,19H,4-6H2,1-3H3,(H,18,20). The van der Waals surface area contributed by atoms with Crippen LogP contribution in [0.5, 0.6) is 0 Å². The van der Waals surface area contributed by atoms with Crippen molar-refractivity contribution in [1.29, 1.82) is 0 Å². The molecule has 1 atom stereocenters. The normalized spacial score (nSPS) is 18.0. The molecule has 2 aromatic rings. The number of carbonyl (C=O) groups excluding carboxylic acids is 1. The van der Waals surface area contributed by atoms with Gasteiger partial charge in [-0.2, -0.15) is 0 Å². The molecule has 0 bridgehead atoms. The van der Waals surface area contributed by atoms with Gasteiger partial charge >= 0.3 is 0 Å². The molecule has 0 saturated heterocycles. The summed E-state index contributed by atoms with van der Waals surface area (Å²) in [6, 6.07) is 4.34. The smallest absolute Gasteiger partial charge is 0.287 e. The van der Waals surface area contributed by atoms with Crippen molar-refractivity contribution in [2.24, 2.45) is 0 Å². The molecule has 8 heteroatoms. The number of furan rings is 2. The van der Waals surface area contributed by atoms with Gasteiger partial charge in [0.25, 0.3) is 15.9 Å². The van der Waals surface area contributed by atoms with Gasteiger partial charge in [0.15, 0.2) is 5.76 Å². The first-order valence-electron chi connectivity index (χ1n) is 8.17. The number of sulfonamides is 1. The molecule has 1 aliphatic carbocycles. The van der Waals surface area contributed by atoms with Gasteiger partial charge in [0.2, 0.25) is 5.09 Å². The third-order valence-corrected chi connectivity index (χ3v) is 5.50. The third-order valence-electron chi connectivity index (χ3n) is 3.87. The number of aryl methyl sites for hydroxylation is 1. The van der Waals surface area contributed by atoms with Crippen LogP contribution in [-0.4, -0.2) is 19.9 Å². The number of hydrogen-bond acceptors (Lipinski definition) is 5. The summed E-state index contributed by atoms with van der Waals surface area (Å²) in [6.07, 6.45) is 4.19. The summed E-state index contributed by atoms with van der Waals surface area (Å²) in [5.74, 6) is 0.398. The maximum Gasteiger partial charge on any atom is 0.287 e. The highest BCUT2D eigenvalue weighted by atomic mass is 32.2. The van der Waals surface area contributed by atoms with Crippen LogP contribution in [0.3, 0.4) is 0 Å². The summed E-state index contributed by atoms with van der Waals surface area (Å²) in [5.41, 5.74) is 0.321. The van der Waals surface area contributed by atoms with Gasteiger partial charge < -0.3 is 14.2 Å². The summed E-state index contributed by atoms with van der Waals surface area (Å²) in [4.78, 5) is 12.4. The molecule has 7 nitrogen and oxygen atoms in total. The molecular weight excluding hydrogens is 344 g/mol. The number of amides is 1. The molecule has 2 N–H and O–H groups in total. The van der Waals surface area contributed by atoms with Gasteiger partial charge in [-0.1, -0.05) is 0 Å². The Morgan fingerprint density at radius 1 is 1.24 bits per heavy atom. The molecule has 25 heavy (non-hydrogen) atoms. The zero-order valence-corrected chi connectivity index (χ0v) is 15.3. The molecule has 0 spiro atoms. The van der Waals surface area contributed by atoms with Crippen LogP contribution in [0.25, 0.3) is 0 Å². The molecule has 1 aliphatic rings. The molecule has 0 aliphatic heterocycles. The Balaban J connectivity index is 1.74. The van der Waals surface area contributed by atoms with Gasteiger partial charge in [-0.15, -0.1) is 0 Å². The van der Waals surface area contributed by atoms with Crippen molar-refractivity contribution >= 4 is 15.9 Å². The van der Waals surface area contributed by atoms with Crippen LogP contribution < -0.4 is 10.0 Å². The van der Waals surface area contributed by atoms with E-state index in [0.717, 1.165) is 30.6 Å². The van der Waals surface area contributed by atoms with E-state index in [1.165, 1.54) is 12.1 Å². The Morgan fingerprint density at radius 2 is 2.00 bits per heavy atom. The molecule has 2 aromatic heterocycles. The fourth-order valence-corrected chi connectivity index (χ4v) is 4.26. The molecule has 1 unspecified atom stereocenters. The van der Waals surface area contributed by atoms with Crippen LogP contribution in [0.15, 0.2) is 38.4 Å². The molecule has 3 rings (SSSR count).